The molecule has 0 aliphatic rings. The summed E-state index contributed by atoms with van der Waals surface area (Å²) in [7, 11) is 1.70. The SMILES string of the molecule is CCOC(c1nc(C)cc(CNCCOC)n1)C(C)(C)C. The van der Waals surface area contributed by atoms with Gasteiger partial charge in [0.1, 0.15) is 6.10 Å². The lowest BCUT2D eigenvalue weighted by Gasteiger charge is -2.29. The Hall–Kier alpha value is -1.04. The van der Waals surface area contributed by atoms with Crippen LogP contribution < -0.4 is 5.32 Å². The minimum atomic E-state index is -0.0971. The lowest BCUT2D eigenvalue weighted by Crippen LogP contribution is -2.25. The summed E-state index contributed by atoms with van der Waals surface area (Å²) >= 11 is 0. The average Bonchev–Trinajstić information content (AvgIpc) is 2.39. The largest absolute Gasteiger partial charge is 0.383 e. The van der Waals surface area contributed by atoms with E-state index in [0.29, 0.717) is 19.8 Å². The van der Waals surface area contributed by atoms with Crippen LogP contribution in [0.5, 0.6) is 0 Å². The quantitative estimate of drug-likeness (QED) is 0.747. The fourth-order valence-corrected chi connectivity index (χ4v) is 2.14. The van der Waals surface area contributed by atoms with Crippen LogP contribution in [-0.4, -0.2) is 36.8 Å². The van der Waals surface area contributed by atoms with Crippen molar-refractivity contribution < 1.29 is 9.47 Å². The zero-order valence-corrected chi connectivity index (χ0v) is 14.2. The van der Waals surface area contributed by atoms with Crippen molar-refractivity contribution >= 4 is 0 Å². The molecular formula is C16H29N3O2. The topological polar surface area (TPSA) is 56.3 Å². The number of nitrogens with one attached hydrogen (secondary N) is 1. The third-order valence-electron chi connectivity index (χ3n) is 3.07. The van der Waals surface area contributed by atoms with Gasteiger partial charge in [0.05, 0.1) is 12.3 Å². The highest BCUT2D eigenvalue weighted by atomic mass is 16.5. The first-order valence-electron chi connectivity index (χ1n) is 7.54. The Morgan fingerprint density at radius 3 is 2.57 bits per heavy atom. The van der Waals surface area contributed by atoms with Crippen molar-refractivity contribution in [2.75, 3.05) is 26.9 Å². The van der Waals surface area contributed by atoms with Gasteiger partial charge >= 0.3 is 0 Å². The monoisotopic (exact) mass is 295 g/mol. The molecule has 1 N–H and O–H groups in total. The van der Waals surface area contributed by atoms with E-state index >= 15 is 0 Å². The molecule has 21 heavy (non-hydrogen) atoms. The minimum Gasteiger partial charge on any atom is -0.383 e. The van der Waals surface area contributed by atoms with Crippen molar-refractivity contribution in [3.8, 4) is 0 Å². The zero-order valence-electron chi connectivity index (χ0n) is 14.2. The maximum atomic E-state index is 5.88. The molecule has 0 saturated heterocycles. The van der Waals surface area contributed by atoms with Crippen molar-refractivity contribution in [3.63, 3.8) is 0 Å². The molecule has 1 heterocycles. The number of nitrogens with zero attached hydrogens (tertiary/aromatic N) is 2. The van der Waals surface area contributed by atoms with Crippen molar-refractivity contribution in [3.05, 3.63) is 23.3 Å². The van der Waals surface area contributed by atoms with E-state index in [1.807, 2.05) is 19.9 Å². The summed E-state index contributed by atoms with van der Waals surface area (Å²) in [6, 6.07) is 2.01. The molecular weight excluding hydrogens is 266 g/mol. The number of methoxy groups -OCH3 is 1. The lowest BCUT2D eigenvalue weighted by molar-refractivity contribution is -0.0193. The summed E-state index contributed by atoms with van der Waals surface area (Å²) in [5.74, 6) is 0.771. The van der Waals surface area contributed by atoms with Gasteiger partial charge in [0.25, 0.3) is 0 Å². The standard InChI is InChI=1S/C16H29N3O2/c1-7-21-14(16(3,4)5)15-18-12(2)10-13(19-15)11-17-8-9-20-6/h10,14,17H,7-9,11H2,1-6H3. The second kappa shape index (κ2) is 8.41. The highest BCUT2D eigenvalue weighted by Gasteiger charge is 2.29. The molecule has 0 radical (unpaired) electrons. The average molecular weight is 295 g/mol. The van der Waals surface area contributed by atoms with E-state index in [1.165, 1.54) is 0 Å². The summed E-state index contributed by atoms with van der Waals surface area (Å²) in [5.41, 5.74) is 1.92. The summed E-state index contributed by atoms with van der Waals surface area (Å²) in [5, 5.41) is 3.31. The molecule has 0 bridgehead atoms. The second-order valence-electron chi connectivity index (χ2n) is 6.23. The Balaban J connectivity index is 2.88. The molecule has 0 aliphatic heterocycles. The number of hydrogen-bond acceptors (Lipinski definition) is 5. The molecule has 0 fully saturated rings. The van der Waals surface area contributed by atoms with Gasteiger partial charge in [-0.25, -0.2) is 9.97 Å². The van der Waals surface area contributed by atoms with E-state index in [9.17, 15) is 0 Å². The molecule has 0 spiro atoms. The van der Waals surface area contributed by atoms with E-state index in [4.69, 9.17) is 9.47 Å². The van der Waals surface area contributed by atoms with Crippen LogP contribution in [0.25, 0.3) is 0 Å². The maximum absolute atomic E-state index is 5.88. The predicted molar refractivity (Wildman–Crippen MR) is 84.2 cm³/mol. The number of ether oxygens (including phenoxy) is 2. The Morgan fingerprint density at radius 2 is 2.00 bits per heavy atom. The smallest absolute Gasteiger partial charge is 0.158 e. The van der Waals surface area contributed by atoms with Gasteiger partial charge in [0.15, 0.2) is 5.82 Å². The molecule has 1 unspecified atom stereocenters. The molecule has 0 aliphatic carbocycles. The van der Waals surface area contributed by atoms with Gasteiger partial charge in [-0.15, -0.1) is 0 Å². The van der Waals surface area contributed by atoms with Gasteiger partial charge in [-0.3, -0.25) is 0 Å². The Kier molecular flexibility index (Phi) is 7.22. The predicted octanol–water partition coefficient (Wildman–Crippen LogP) is 2.64. The minimum absolute atomic E-state index is 0.0372. The van der Waals surface area contributed by atoms with Gasteiger partial charge < -0.3 is 14.8 Å². The van der Waals surface area contributed by atoms with Crippen LogP contribution in [0.2, 0.25) is 0 Å². The van der Waals surface area contributed by atoms with E-state index < -0.39 is 0 Å². The van der Waals surface area contributed by atoms with Crippen LogP contribution in [0, 0.1) is 12.3 Å². The number of rotatable bonds is 8. The molecule has 5 heteroatoms. The normalized spacial score (nSPS) is 13.4. The van der Waals surface area contributed by atoms with Crippen LogP contribution >= 0.6 is 0 Å². The van der Waals surface area contributed by atoms with Gasteiger partial charge in [-0.05, 0) is 25.3 Å². The second-order valence-corrected chi connectivity index (χ2v) is 6.23. The van der Waals surface area contributed by atoms with E-state index in [-0.39, 0.29) is 11.5 Å². The Bertz CT molecular complexity index is 430. The molecule has 0 saturated carbocycles. The van der Waals surface area contributed by atoms with E-state index in [1.54, 1.807) is 7.11 Å². The molecule has 0 amide bonds. The fourth-order valence-electron chi connectivity index (χ4n) is 2.14. The van der Waals surface area contributed by atoms with Crippen LogP contribution in [0.15, 0.2) is 6.07 Å². The molecule has 1 aromatic heterocycles. The maximum Gasteiger partial charge on any atom is 0.158 e. The highest BCUT2D eigenvalue weighted by Crippen LogP contribution is 2.34. The first-order valence-corrected chi connectivity index (χ1v) is 7.54. The van der Waals surface area contributed by atoms with Crippen molar-refractivity contribution in [1.29, 1.82) is 0 Å². The van der Waals surface area contributed by atoms with Gasteiger partial charge in [-0.2, -0.15) is 0 Å². The van der Waals surface area contributed by atoms with Gasteiger partial charge in [0.2, 0.25) is 0 Å². The van der Waals surface area contributed by atoms with Crippen LogP contribution in [0.1, 0.15) is 51.0 Å². The number of aromatic nitrogens is 2. The Labute approximate surface area is 128 Å². The summed E-state index contributed by atoms with van der Waals surface area (Å²) in [4.78, 5) is 9.25. The van der Waals surface area contributed by atoms with E-state index in [2.05, 4.69) is 36.1 Å². The molecule has 1 aromatic rings. The van der Waals surface area contributed by atoms with Crippen LogP contribution in [0.3, 0.4) is 0 Å². The third-order valence-corrected chi connectivity index (χ3v) is 3.07. The van der Waals surface area contributed by atoms with E-state index in [0.717, 1.165) is 23.8 Å². The van der Waals surface area contributed by atoms with Crippen LogP contribution in [0.4, 0.5) is 0 Å². The highest BCUT2D eigenvalue weighted by molar-refractivity contribution is 5.12. The molecule has 5 nitrogen and oxygen atoms in total. The van der Waals surface area contributed by atoms with Gasteiger partial charge in [0, 0.05) is 32.5 Å². The first-order chi connectivity index (χ1) is 9.88. The number of hydrogen-bond donors (Lipinski definition) is 1. The summed E-state index contributed by atoms with van der Waals surface area (Å²) in [6.07, 6.45) is -0.0971. The van der Waals surface area contributed by atoms with Crippen molar-refractivity contribution in [2.24, 2.45) is 5.41 Å². The lowest BCUT2D eigenvalue weighted by atomic mass is 9.88. The molecule has 1 atom stereocenters. The van der Waals surface area contributed by atoms with Gasteiger partial charge in [-0.1, -0.05) is 20.8 Å². The fraction of sp³-hybridized carbons (Fsp3) is 0.750. The van der Waals surface area contributed by atoms with Crippen molar-refractivity contribution in [1.82, 2.24) is 15.3 Å². The first kappa shape index (κ1) is 18.0. The molecule has 120 valence electrons. The molecule has 1 rings (SSSR count). The zero-order chi connectivity index (χ0) is 15.9. The Morgan fingerprint density at radius 1 is 1.29 bits per heavy atom. The van der Waals surface area contributed by atoms with Crippen LogP contribution in [-0.2, 0) is 16.0 Å². The summed E-state index contributed by atoms with van der Waals surface area (Å²) in [6.45, 7) is 13.3. The molecule has 0 aromatic carbocycles. The summed E-state index contributed by atoms with van der Waals surface area (Å²) < 4.78 is 10.9. The number of aryl methyl sites for hydroxylation is 1. The van der Waals surface area contributed by atoms with Crippen molar-refractivity contribution in [2.45, 2.75) is 47.3 Å². The third kappa shape index (κ3) is 6.08.